The predicted molar refractivity (Wildman–Crippen MR) is 110 cm³/mol. The minimum atomic E-state index is -0.806. The number of amides is 2. The highest BCUT2D eigenvalue weighted by atomic mass is 19.1. The SMILES string of the molecule is C[C@@H](Oc1ccc(C(=O)c2ccc(F)cc2)cc1)C(=O)Nc1ccc(C(N)=O)cc1. The fourth-order valence-corrected chi connectivity index (χ4v) is 2.67. The number of anilines is 1. The number of primary amides is 1. The molecule has 3 rings (SSSR count). The molecule has 0 saturated heterocycles. The van der Waals surface area contributed by atoms with Crippen LogP contribution in [0.5, 0.6) is 5.75 Å². The highest BCUT2D eigenvalue weighted by molar-refractivity contribution is 6.09. The van der Waals surface area contributed by atoms with E-state index in [9.17, 15) is 18.8 Å². The van der Waals surface area contributed by atoms with Gasteiger partial charge in [-0.2, -0.15) is 0 Å². The van der Waals surface area contributed by atoms with Gasteiger partial charge in [0.25, 0.3) is 5.91 Å². The minimum Gasteiger partial charge on any atom is -0.481 e. The van der Waals surface area contributed by atoms with E-state index in [1.54, 1.807) is 43.3 Å². The summed E-state index contributed by atoms with van der Waals surface area (Å²) < 4.78 is 18.6. The number of hydrogen-bond acceptors (Lipinski definition) is 4. The lowest BCUT2D eigenvalue weighted by Crippen LogP contribution is -2.30. The lowest BCUT2D eigenvalue weighted by molar-refractivity contribution is -0.122. The standard InChI is InChI=1S/C23H19FN2O4/c1-14(23(29)26-19-10-4-17(5-11-19)22(25)28)30-20-12-6-16(7-13-20)21(27)15-2-8-18(24)9-3-15/h2-14H,1H3,(H2,25,28)(H,26,29)/t14-/m1/s1. The van der Waals surface area contributed by atoms with E-state index in [1.165, 1.54) is 36.4 Å². The Kier molecular flexibility index (Phi) is 6.22. The number of ketones is 1. The highest BCUT2D eigenvalue weighted by Crippen LogP contribution is 2.18. The molecule has 0 aliphatic heterocycles. The molecule has 2 amide bonds. The van der Waals surface area contributed by atoms with Crippen molar-refractivity contribution in [3.8, 4) is 5.75 Å². The molecule has 3 N–H and O–H groups in total. The van der Waals surface area contributed by atoms with E-state index in [0.29, 0.717) is 28.1 Å². The van der Waals surface area contributed by atoms with E-state index in [1.807, 2.05) is 0 Å². The van der Waals surface area contributed by atoms with Crippen molar-refractivity contribution < 1.29 is 23.5 Å². The predicted octanol–water partition coefficient (Wildman–Crippen LogP) is 3.56. The zero-order valence-corrected chi connectivity index (χ0v) is 16.1. The maximum atomic E-state index is 13.0. The fraction of sp³-hybridized carbons (Fsp3) is 0.0870. The largest absolute Gasteiger partial charge is 0.481 e. The maximum absolute atomic E-state index is 13.0. The van der Waals surface area contributed by atoms with E-state index >= 15 is 0 Å². The lowest BCUT2D eigenvalue weighted by atomic mass is 10.0. The Bertz CT molecular complexity index is 1060. The van der Waals surface area contributed by atoms with Crippen LogP contribution in [0.2, 0.25) is 0 Å². The van der Waals surface area contributed by atoms with E-state index in [0.717, 1.165) is 0 Å². The lowest BCUT2D eigenvalue weighted by Gasteiger charge is -2.15. The van der Waals surface area contributed by atoms with Gasteiger partial charge in [-0.05, 0) is 79.7 Å². The number of carbonyl (C=O) groups is 3. The summed E-state index contributed by atoms with van der Waals surface area (Å²) in [6.07, 6.45) is -0.806. The summed E-state index contributed by atoms with van der Waals surface area (Å²) in [5, 5.41) is 2.68. The molecule has 0 saturated carbocycles. The Morgan fingerprint density at radius 1 is 0.833 bits per heavy atom. The zero-order valence-electron chi connectivity index (χ0n) is 16.1. The van der Waals surface area contributed by atoms with Crippen LogP contribution in [0.25, 0.3) is 0 Å². The van der Waals surface area contributed by atoms with Gasteiger partial charge in [-0.25, -0.2) is 4.39 Å². The van der Waals surface area contributed by atoms with Gasteiger partial charge in [-0.1, -0.05) is 0 Å². The van der Waals surface area contributed by atoms with Gasteiger partial charge < -0.3 is 15.8 Å². The van der Waals surface area contributed by atoms with Crippen molar-refractivity contribution in [2.24, 2.45) is 5.73 Å². The Morgan fingerprint density at radius 2 is 1.33 bits per heavy atom. The van der Waals surface area contributed by atoms with E-state index in [4.69, 9.17) is 10.5 Å². The molecule has 3 aromatic carbocycles. The number of carbonyl (C=O) groups excluding carboxylic acids is 3. The molecule has 0 radical (unpaired) electrons. The number of ether oxygens (including phenoxy) is 1. The molecular weight excluding hydrogens is 387 g/mol. The molecular formula is C23H19FN2O4. The maximum Gasteiger partial charge on any atom is 0.265 e. The normalized spacial score (nSPS) is 11.4. The molecule has 1 atom stereocenters. The molecule has 6 nitrogen and oxygen atoms in total. The van der Waals surface area contributed by atoms with Gasteiger partial charge in [0, 0.05) is 22.4 Å². The number of benzene rings is 3. The second kappa shape index (κ2) is 9.00. The molecule has 0 heterocycles. The average molecular weight is 406 g/mol. The van der Waals surface area contributed by atoms with Crippen molar-refractivity contribution in [2.45, 2.75) is 13.0 Å². The number of rotatable bonds is 7. The van der Waals surface area contributed by atoms with Crippen LogP contribution >= 0.6 is 0 Å². The molecule has 152 valence electrons. The van der Waals surface area contributed by atoms with Crippen molar-refractivity contribution in [2.75, 3.05) is 5.32 Å². The first kappa shape index (κ1) is 20.7. The van der Waals surface area contributed by atoms with Crippen molar-refractivity contribution >= 4 is 23.3 Å². The van der Waals surface area contributed by atoms with Crippen LogP contribution in [0.1, 0.15) is 33.2 Å². The highest BCUT2D eigenvalue weighted by Gasteiger charge is 2.16. The van der Waals surface area contributed by atoms with Crippen LogP contribution < -0.4 is 15.8 Å². The summed E-state index contributed by atoms with van der Waals surface area (Å²) >= 11 is 0. The van der Waals surface area contributed by atoms with Crippen LogP contribution in [0, 0.1) is 5.82 Å². The molecule has 0 fully saturated rings. The second-order valence-electron chi connectivity index (χ2n) is 6.55. The van der Waals surface area contributed by atoms with Crippen molar-refractivity contribution in [3.05, 3.63) is 95.3 Å². The molecule has 30 heavy (non-hydrogen) atoms. The van der Waals surface area contributed by atoms with E-state index in [-0.39, 0.29) is 11.7 Å². The summed E-state index contributed by atoms with van der Waals surface area (Å²) in [4.78, 5) is 35.8. The Hall–Kier alpha value is -4.00. The molecule has 0 aliphatic rings. The van der Waals surface area contributed by atoms with Gasteiger partial charge in [0.1, 0.15) is 11.6 Å². The van der Waals surface area contributed by atoms with Crippen LogP contribution in [-0.4, -0.2) is 23.7 Å². The summed E-state index contributed by atoms with van der Waals surface area (Å²) in [6.45, 7) is 1.59. The number of nitrogens with one attached hydrogen (secondary N) is 1. The summed E-state index contributed by atoms with van der Waals surface area (Å²) in [5.41, 5.74) is 6.82. The topological polar surface area (TPSA) is 98.5 Å². The minimum absolute atomic E-state index is 0.244. The van der Waals surface area contributed by atoms with Gasteiger partial charge in [-0.3, -0.25) is 14.4 Å². The van der Waals surface area contributed by atoms with Gasteiger partial charge in [0.15, 0.2) is 11.9 Å². The molecule has 7 heteroatoms. The number of nitrogens with two attached hydrogens (primary N) is 1. The number of hydrogen-bond donors (Lipinski definition) is 2. The molecule has 0 aliphatic carbocycles. The monoisotopic (exact) mass is 406 g/mol. The molecule has 0 bridgehead atoms. The molecule has 0 spiro atoms. The smallest absolute Gasteiger partial charge is 0.265 e. The van der Waals surface area contributed by atoms with Crippen molar-refractivity contribution in [1.29, 1.82) is 0 Å². The Balaban J connectivity index is 1.60. The van der Waals surface area contributed by atoms with Gasteiger partial charge >= 0.3 is 0 Å². The summed E-state index contributed by atoms with van der Waals surface area (Å²) in [7, 11) is 0. The van der Waals surface area contributed by atoms with Gasteiger partial charge in [0.2, 0.25) is 5.91 Å². The first-order chi connectivity index (χ1) is 14.3. The van der Waals surface area contributed by atoms with Crippen LogP contribution in [0.15, 0.2) is 72.8 Å². The summed E-state index contributed by atoms with van der Waals surface area (Å²) in [5.74, 6) is -1.17. The fourth-order valence-electron chi connectivity index (χ4n) is 2.67. The van der Waals surface area contributed by atoms with Gasteiger partial charge in [-0.15, -0.1) is 0 Å². The third kappa shape index (κ3) is 5.08. The van der Waals surface area contributed by atoms with E-state index < -0.39 is 17.8 Å². The van der Waals surface area contributed by atoms with Crippen molar-refractivity contribution in [1.82, 2.24) is 0 Å². The van der Waals surface area contributed by atoms with Gasteiger partial charge in [0.05, 0.1) is 0 Å². The molecule has 3 aromatic rings. The van der Waals surface area contributed by atoms with Crippen LogP contribution in [-0.2, 0) is 4.79 Å². The van der Waals surface area contributed by atoms with Crippen LogP contribution in [0.3, 0.4) is 0 Å². The first-order valence-electron chi connectivity index (χ1n) is 9.11. The molecule has 0 unspecified atom stereocenters. The Morgan fingerprint density at radius 3 is 1.87 bits per heavy atom. The summed E-state index contributed by atoms with van der Waals surface area (Å²) in [6, 6.07) is 17.8. The second-order valence-corrected chi connectivity index (χ2v) is 6.55. The molecule has 0 aromatic heterocycles. The Labute approximate surface area is 172 Å². The van der Waals surface area contributed by atoms with Crippen LogP contribution in [0.4, 0.5) is 10.1 Å². The van der Waals surface area contributed by atoms with Crippen molar-refractivity contribution in [3.63, 3.8) is 0 Å². The number of halogens is 1. The van der Waals surface area contributed by atoms with E-state index in [2.05, 4.69) is 5.32 Å². The third-order valence-corrected chi connectivity index (χ3v) is 4.34. The third-order valence-electron chi connectivity index (χ3n) is 4.34. The zero-order chi connectivity index (χ0) is 21.7. The quantitative estimate of drug-likeness (QED) is 0.586. The first-order valence-corrected chi connectivity index (χ1v) is 9.11. The average Bonchev–Trinajstić information content (AvgIpc) is 2.74.